The van der Waals surface area contributed by atoms with Crippen molar-refractivity contribution in [3.05, 3.63) is 23.3 Å². The minimum Gasteiger partial charge on any atom is -0.493 e. The molecule has 178 valence electrons. The summed E-state index contributed by atoms with van der Waals surface area (Å²) in [6.07, 6.45) is 3.49. The summed E-state index contributed by atoms with van der Waals surface area (Å²) >= 11 is 0. The van der Waals surface area contributed by atoms with E-state index in [2.05, 4.69) is 30.9 Å². The van der Waals surface area contributed by atoms with Crippen LogP contribution in [0.5, 0.6) is 11.5 Å². The zero-order valence-corrected chi connectivity index (χ0v) is 19.8. The van der Waals surface area contributed by atoms with Gasteiger partial charge in [0.15, 0.2) is 11.5 Å². The van der Waals surface area contributed by atoms with Crippen molar-refractivity contribution in [2.75, 3.05) is 33.9 Å². The van der Waals surface area contributed by atoms with Crippen LogP contribution in [-0.4, -0.2) is 55.9 Å². The second-order valence-corrected chi connectivity index (χ2v) is 9.48. The summed E-state index contributed by atoms with van der Waals surface area (Å²) in [6.45, 7) is 6.89. The van der Waals surface area contributed by atoms with Crippen LogP contribution in [0.25, 0.3) is 0 Å². The fourth-order valence-electron chi connectivity index (χ4n) is 5.24. The van der Waals surface area contributed by atoms with Gasteiger partial charge in [0.2, 0.25) is 0 Å². The van der Waals surface area contributed by atoms with Crippen LogP contribution >= 0.6 is 0 Å². The Morgan fingerprint density at radius 3 is 2.50 bits per heavy atom. The van der Waals surface area contributed by atoms with Gasteiger partial charge < -0.3 is 19.3 Å². The summed E-state index contributed by atoms with van der Waals surface area (Å²) in [6, 6.07) is 4.49. The monoisotopic (exact) mass is 447 g/mol. The molecule has 0 radical (unpaired) electrons. The first-order chi connectivity index (χ1) is 15.3. The van der Waals surface area contributed by atoms with E-state index in [-0.39, 0.29) is 30.8 Å². The number of piperidine rings is 1. The van der Waals surface area contributed by atoms with Gasteiger partial charge in [-0.3, -0.25) is 14.5 Å². The van der Waals surface area contributed by atoms with Crippen molar-refractivity contribution in [1.82, 2.24) is 4.90 Å². The predicted molar refractivity (Wildman–Crippen MR) is 121 cm³/mol. The Bertz CT molecular complexity index is 808. The molecule has 0 bridgehead atoms. The van der Waals surface area contributed by atoms with Gasteiger partial charge in [-0.1, -0.05) is 13.8 Å². The predicted octanol–water partition coefficient (Wildman–Crippen LogP) is 4.08. The van der Waals surface area contributed by atoms with Crippen LogP contribution in [-0.2, 0) is 20.7 Å². The van der Waals surface area contributed by atoms with Crippen molar-refractivity contribution < 1.29 is 28.9 Å². The molecule has 0 aliphatic carbocycles. The molecule has 32 heavy (non-hydrogen) atoms. The summed E-state index contributed by atoms with van der Waals surface area (Å²) in [5.41, 5.74) is 2.59. The molecule has 0 amide bonds. The number of rotatable bonds is 10. The van der Waals surface area contributed by atoms with E-state index in [9.17, 15) is 9.59 Å². The largest absolute Gasteiger partial charge is 0.493 e. The number of methoxy groups -OCH3 is 2. The number of hydrogen-bond acceptors (Lipinski definition) is 6. The molecule has 7 nitrogen and oxygen atoms in total. The first kappa shape index (κ1) is 24.4. The molecule has 1 saturated heterocycles. The minimum atomic E-state index is -0.884. The summed E-state index contributed by atoms with van der Waals surface area (Å²) in [5, 5.41) is 8.77. The van der Waals surface area contributed by atoms with Gasteiger partial charge in [0.05, 0.1) is 20.8 Å². The van der Waals surface area contributed by atoms with E-state index in [1.165, 1.54) is 11.1 Å². The van der Waals surface area contributed by atoms with E-state index in [0.717, 1.165) is 43.9 Å². The van der Waals surface area contributed by atoms with Gasteiger partial charge in [-0.25, -0.2) is 0 Å². The second kappa shape index (κ2) is 11.0. The number of carboxylic acids is 1. The van der Waals surface area contributed by atoms with Gasteiger partial charge in [0.25, 0.3) is 0 Å². The highest BCUT2D eigenvalue weighted by atomic mass is 16.5. The Hall–Kier alpha value is -2.28. The zero-order valence-electron chi connectivity index (χ0n) is 19.8. The number of hydrogen-bond donors (Lipinski definition) is 1. The summed E-state index contributed by atoms with van der Waals surface area (Å²) in [7, 11) is 3.33. The lowest BCUT2D eigenvalue weighted by Crippen LogP contribution is -2.47. The molecule has 0 spiro atoms. The molecule has 1 fully saturated rings. The molecule has 0 aromatic heterocycles. The molecule has 1 aromatic carbocycles. The molecular formula is C25H37NO6. The Balaban J connectivity index is 1.73. The van der Waals surface area contributed by atoms with Gasteiger partial charge in [0.1, 0.15) is 0 Å². The molecule has 1 aromatic rings. The number of fused-ring (bicyclic) bond motifs is 3. The van der Waals surface area contributed by atoms with Gasteiger partial charge in [0, 0.05) is 32.0 Å². The van der Waals surface area contributed by atoms with Crippen LogP contribution in [0.3, 0.4) is 0 Å². The third-order valence-corrected chi connectivity index (χ3v) is 6.78. The number of esters is 1. The first-order valence-corrected chi connectivity index (χ1v) is 11.7. The SMILES string of the molecule is COc1cc2c(cc1OC)[C@H]1C[C@@H](COC(=O)CCCC(=O)O)[C@H](CC(C)C)CN1CC2. The van der Waals surface area contributed by atoms with Crippen molar-refractivity contribution in [2.24, 2.45) is 17.8 Å². The number of benzene rings is 1. The quantitative estimate of drug-likeness (QED) is 0.541. The molecular weight excluding hydrogens is 410 g/mol. The smallest absolute Gasteiger partial charge is 0.305 e. The Kier molecular flexibility index (Phi) is 8.40. The average Bonchev–Trinajstić information content (AvgIpc) is 2.75. The zero-order chi connectivity index (χ0) is 23.3. The Morgan fingerprint density at radius 1 is 1.12 bits per heavy atom. The Morgan fingerprint density at radius 2 is 1.84 bits per heavy atom. The lowest BCUT2D eigenvalue weighted by molar-refractivity contribution is -0.147. The molecule has 7 heteroatoms. The molecule has 2 heterocycles. The van der Waals surface area contributed by atoms with Crippen molar-refractivity contribution >= 4 is 11.9 Å². The van der Waals surface area contributed by atoms with Crippen molar-refractivity contribution in [3.8, 4) is 11.5 Å². The maximum Gasteiger partial charge on any atom is 0.305 e. The minimum absolute atomic E-state index is 0.00633. The highest BCUT2D eigenvalue weighted by Crippen LogP contribution is 2.45. The number of ether oxygens (including phenoxy) is 3. The van der Waals surface area contributed by atoms with Crippen molar-refractivity contribution in [2.45, 2.75) is 58.4 Å². The summed E-state index contributed by atoms with van der Waals surface area (Å²) < 4.78 is 16.7. The number of aliphatic carboxylic acids is 1. The van der Waals surface area contributed by atoms with E-state index in [0.29, 0.717) is 24.9 Å². The van der Waals surface area contributed by atoms with Gasteiger partial charge in [-0.15, -0.1) is 0 Å². The maximum absolute atomic E-state index is 12.2. The third kappa shape index (κ3) is 5.94. The van der Waals surface area contributed by atoms with Crippen LogP contribution in [0.15, 0.2) is 12.1 Å². The molecule has 2 aliphatic rings. The van der Waals surface area contributed by atoms with E-state index in [4.69, 9.17) is 19.3 Å². The third-order valence-electron chi connectivity index (χ3n) is 6.78. The molecule has 2 aliphatic heterocycles. The molecule has 3 atom stereocenters. The van der Waals surface area contributed by atoms with Crippen LogP contribution in [0.2, 0.25) is 0 Å². The molecule has 1 N–H and O–H groups in total. The molecule has 3 rings (SSSR count). The number of carbonyl (C=O) groups excluding carboxylic acids is 1. The van der Waals surface area contributed by atoms with E-state index in [1.807, 2.05) is 0 Å². The maximum atomic E-state index is 12.2. The van der Waals surface area contributed by atoms with E-state index < -0.39 is 5.97 Å². The summed E-state index contributed by atoms with van der Waals surface area (Å²) in [5.74, 6) is 1.66. The van der Waals surface area contributed by atoms with Gasteiger partial charge >= 0.3 is 11.9 Å². The fourth-order valence-corrected chi connectivity index (χ4v) is 5.24. The Labute approximate surface area is 191 Å². The van der Waals surface area contributed by atoms with Crippen molar-refractivity contribution in [1.29, 1.82) is 0 Å². The van der Waals surface area contributed by atoms with Gasteiger partial charge in [-0.2, -0.15) is 0 Å². The lowest BCUT2D eigenvalue weighted by Gasteiger charge is -2.47. The van der Waals surface area contributed by atoms with Crippen LogP contribution in [0, 0.1) is 17.8 Å². The number of carboxylic acid groups (broad SMARTS) is 1. The van der Waals surface area contributed by atoms with Crippen LogP contribution in [0.4, 0.5) is 0 Å². The standard InChI is InChI=1S/C25H37NO6/c1-16(2)10-18-14-26-9-8-17-12-22(30-3)23(31-4)13-20(17)21(26)11-19(18)15-32-25(29)7-5-6-24(27)28/h12-13,16,18-19,21H,5-11,14-15H2,1-4H3,(H,27,28)/t18-,19+,21-/m1/s1. The van der Waals surface area contributed by atoms with Crippen LogP contribution in [0.1, 0.15) is 63.1 Å². The number of carbonyl (C=O) groups is 2. The van der Waals surface area contributed by atoms with E-state index in [1.54, 1.807) is 14.2 Å². The van der Waals surface area contributed by atoms with Gasteiger partial charge in [-0.05, 0) is 66.7 Å². The highest BCUT2D eigenvalue weighted by molar-refractivity contribution is 5.71. The highest BCUT2D eigenvalue weighted by Gasteiger charge is 2.40. The van der Waals surface area contributed by atoms with E-state index >= 15 is 0 Å². The fraction of sp³-hybridized carbons (Fsp3) is 0.680. The van der Waals surface area contributed by atoms with Crippen LogP contribution < -0.4 is 9.47 Å². The summed E-state index contributed by atoms with van der Waals surface area (Å²) in [4.78, 5) is 25.4. The average molecular weight is 448 g/mol. The molecule has 0 saturated carbocycles. The topological polar surface area (TPSA) is 85.3 Å². The lowest BCUT2D eigenvalue weighted by atomic mass is 9.74. The second-order valence-electron chi connectivity index (χ2n) is 9.48. The number of nitrogens with zero attached hydrogens (tertiary/aromatic N) is 1. The first-order valence-electron chi connectivity index (χ1n) is 11.7. The normalized spacial score (nSPS) is 22.7. The van der Waals surface area contributed by atoms with Crippen molar-refractivity contribution in [3.63, 3.8) is 0 Å². The molecule has 0 unspecified atom stereocenters.